The van der Waals surface area contributed by atoms with Crippen LogP contribution in [0.3, 0.4) is 0 Å². The quantitative estimate of drug-likeness (QED) is 0.925. The Morgan fingerprint density at radius 1 is 1.20 bits per heavy atom. The Morgan fingerprint density at radius 3 is 2.65 bits per heavy atom. The Kier molecular flexibility index (Phi) is 3.69. The number of nitrogens with two attached hydrogens (primary N) is 1. The lowest BCUT2D eigenvalue weighted by atomic mass is 9.97. The van der Waals surface area contributed by atoms with Crippen LogP contribution < -0.4 is 5.73 Å². The molecule has 0 bridgehead atoms. The maximum absolute atomic E-state index is 12.8. The van der Waals surface area contributed by atoms with Gasteiger partial charge in [0, 0.05) is 18.8 Å². The largest absolute Gasteiger partial charge is 0.383 e. The minimum atomic E-state index is -3.51. The van der Waals surface area contributed by atoms with E-state index in [1.54, 1.807) is 16.4 Å². The second-order valence-corrected chi connectivity index (χ2v) is 7.62. The predicted molar refractivity (Wildman–Crippen MR) is 77.5 cm³/mol. The van der Waals surface area contributed by atoms with Crippen LogP contribution in [0.2, 0.25) is 0 Å². The second kappa shape index (κ2) is 5.33. The maximum Gasteiger partial charge on any atom is 0.246 e. The first kappa shape index (κ1) is 13.8. The van der Waals surface area contributed by atoms with Crippen LogP contribution in [-0.2, 0) is 10.0 Å². The van der Waals surface area contributed by atoms with Gasteiger partial charge in [0.1, 0.15) is 10.7 Å². The summed E-state index contributed by atoms with van der Waals surface area (Å²) in [6.07, 6.45) is 8.20. The average Bonchev–Trinajstić information content (AvgIpc) is 3.10. The van der Waals surface area contributed by atoms with Crippen LogP contribution in [-0.4, -0.2) is 30.3 Å². The molecular formula is C14H21N3O2S. The molecule has 0 amide bonds. The van der Waals surface area contributed by atoms with Crippen molar-refractivity contribution < 1.29 is 8.42 Å². The number of sulfonamides is 1. The summed E-state index contributed by atoms with van der Waals surface area (Å²) in [5, 5.41) is 0. The molecule has 2 aliphatic rings. The van der Waals surface area contributed by atoms with E-state index in [0.717, 1.165) is 25.7 Å². The molecule has 2 heterocycles. The molecule has 1 unspecified atom stereocenters. The van der Waals surface area contributed by atoms with Gasteiger partial charge in [-0.2, -0.15) is 4.31 Å². The molecule has 0 radical (unpaired) electrons. The Labute approximate surface area is 120 Å². The van der Waals surface area contributed by atoms with Crippen LogP contribution in [0.4, 0.5) is 5.82 Å². The number of hydrogen-bond donors (Lipinski definition) is 1. The van der Waals surface area contributed by atoms with Gasteiger partial charge in [-0.25, -0.2) is 13.4 Å². The number of rotatable bonds is 3. The summed E-state index contributed by atoms with van der Waals surface area (Å²) in [6.45, 7) is 0.609. The summed E-state index contributed by atoms with van der Waals surface area (Å²) in [6, 6.07) is 3.34. The lowest BCUT2D eigenvalue weighted by Crippen LogP contribution is -2.39. The van der Waals surface area contributed by atoms with Gasteiger partial charge in [0.05, 0.1) is 0 Å². The normalized spacial score (nSPS) is 25.3. The highest BCUT2D eigenvalue weighted by Gasteiger charge is 2.40. The summed E-state index contributed by atoms with van der Waals surface area (Å²) >= 11 is 0. The van der Waals surface area contributed by atoms with Gasteiger partial charge in [0.2, 0.25) is 10.0 Å². The molecule has 1 aromatic rings. The zero-order chi connectivity index (χ0) is 14.2. The molecule has 5 nitrogen and oxygen atoms in total. The van der Waals surface area contributed by atoms with Gasteiger partial charge in [-0.3, -0.25) is 0 Å². The summed E-state index contributed by atoms with van der Waals surface area (Å²) in [4.78, 5) is 4.07. The molecule has 20 heavy (non-hydrogen) atoms. The van der Waals surface area contributed by atoms with Gasteiger partial charge in [0.15, 0.2) is 0 Å². The Bertz CT molecular complexity index is 582. The smallest absolute Gasteiger partial charge is 0.246 e. The summed E-state index contributed by atoms with van der Waals surface area (Å²) in [5.41, 5.74) is 5.76. The minimum absolute atomic E-state index is 0.101. The zero-order valence-electron chi connectivity index (χ0n) is 11.5. The van der Waals surface area contributed by atoms with E-state index in [-0.39, 0.29) is 16.8 Å². The summed E-state index contributed by atoms with van der Waals surface area (Å²) in [5.74, 6) is 0.620. The first-order valence-corrected chi connectivity index (χ1v) is 8.77. The summed E-state index contributed by atoms with van der Waals surface area (Å²) < 4.78 is 27.3. The van der Waals surface area contributed by atoms with Crippen molar-refractivity contribution in [3.8, 4) is 0 Å². The molecule has 2 fully saturated rings. The van der Waals surface area contributed by atoms with Crippen molar-refractivity contribution >= 4 is 15.8 Å². The third kappa shape index (κ3) is 2.31. The molecule has 0 aromatic carbocycles. The second-order valence-electron chi connectivity index (χ2n) is 5.76. The number of anilines is 1. The van der Waals surface area contributed by atoms with Crippen LogP contribution in [0.25, 0.3) is 0 Å². The van der Waals surface area contributed by atoms with Crippen LogP contribution in [0.1, 0.15) is 38.5 Å². The van der Waals surface area contributed by atoms with Crippen molar-refractivity contribution in [1.82, 2.24) is 9.29 Å². The van der Waals surface area contributed by atoms with Crippen molar-refractivity contribution in [2.75, 3.05) is 12.3 Å². The van der Waals surface area contributed by atoms with Gasteiger partial charge >= 0.3 is 0 Å². The number of nitrogens with zero attached hydrogens (tertiary/aromatic N) is 2. The predicted octanol–water partition coefficient (Wildman–Crippen LogP) is 2.01. The molecule has 2 N–H and O–H groups in total. The van der Waals surface area contributed by atoms with E-state index in [0.29, 0.717) is 12.5 Å². The van der Waals surface area contributed by atoms with Crippen LogP contribution in [0, 0.1) is 5.92 Å². The zero-order valence-corrected chi connectivity index (χ0v) is 12.3. The molecule has 1 aromatic heterocycles. The van der Waals surface area contributed by atoms with Crippen LogP contribution in [0.5, 0.6) is 0 Å². The Balaban J connectivity index is 1.92. The van der Waals surface area contributed by atoms with E-state index in [1.807, 2.05) is 0 Å². The van der Waals surface area contributed by atoms with E-state index in [9.17, 15) is 8.42 Å². The highest BCUT2D eigenvalue weighted by Crippen LogP contribution is 2.38. The molecule has 1 saturated heterocycles. The average molecular weight is 295 g/mol. The molecule has 1 aliphatic carbocycles. The highest BCUT2D eigenvalue weighted by atomic mass is 32.2. The Hall–Kier alpha value is -1.14. The first-order valence-electron chi connectivity index (χ1n) is 7.33. The van der Waals surface area contributed by atoms with E-state index < -0.39 is 10.0 Å². The summed E-state index contributed by atoms with van der Waals surface area (Å²) in [7, 11) is -3.51. The lowest BCUT2D eigenvalue weighted by molar-refractivity contribution is 0.288. The van der Waals surface area contributed by atoms with Crippen molar-refractivity contribution in [2.45, 2.75) is 49.5 Å². The molecule has 1 aliphatic heterocycles. The number of hydrogen-bond acceptors (Lipinski definition) is 4. The number of pyridine rings is 1. The molecule has 110 valence electrons. The Morgan fingerprint density at radius 2 is 1.95 bits per heavy atom. The van der Waals surface area contributed by atoms with Crippen LogP contribution in [0.15, 0.2) is 23.2 Å². The lowest BCUT2D eigenvalue weighted by Gasteiger charge is -2.28. The van der Waals surface area contributed by atoms with E-state index in [2.05, 4.69) is 4.98 Å². The highest BCUT2D eigenvalue weighted by molar-refractivity contribution is 7.89. The standard InChI is InChI=1S/C14H21N3O2S/c15-14-13(8-3-9-16-14)20(18,19)17-10-4-7-12(17)11-5-1-2-6-11/h3,8-9,11-12H,1-2,4-7,10H2,(H2,15,16). The number of nitrogen functional groups attached to an aromatic ring is 1. The first-order chi connectivity index (χ1) is 9.60. The van der Waals surface area contributed by atoms with Gasteiger partial charge in [0.25, 0.3) is 0 Å². The molecule has 3 rings (SSSR count). The fourth-order valence-corrected chi connectivity index (χ4v) is 5.45. The topological polar surface area (TPSA) is 76.3 Å². The van der Waals surface area contributed by atoms with Gasteiger partial charge in [-0.15, -0.1) is 0 Å². The van der Waals surface area contributed by atoms with Gasteiger partial charge in [-0.05, 0) is 43.7 Å². The third-order valence-electron chi connectivity index (χ3n) is 4.58. The van der Waals surface area contributed by atoms with Crippen molar-refractivity contribution in [3.63, 3.8) is 0 Å². The fraction of sp³-hybridized carbons (Fsp3) is 0.643. The van der Waals surface area contributed by atoms with Gasteiger partial charge < -0.3 is 5.73 Å². The van der Waals surface area contributed by atoms with Crippen molar-refractivity contribution in [1.29, 1.82) is 0 Å². The van der Waals surface area contributed by atoms with Crippen molar-refractivity contribution in [3.05, 3.63) is 18.3 Å². The van der Waals surface area contributed by atoms with Crippen molar-refractivity contribution in [2.24, 2.45) is 5.92 Å². The minimum Gasteiger partial charge on any atom is -0.383 e. The molecule has 1 atom stereocenters. The third-order valence-corrected chi connectivity index (χ3v) is 6.55. The molecule has 6 heteroatoms. The molecule has 0 spiro atoms. The van der Waals surface area contributed by atoms with E-state index in [4.69, 9.17) is 5.73 Å². The fourth-order valence-electron chi connectivity index (χ4n) is 3.62. The number of aromatic nitrogens is 1. The molecule has 1 saturated carbocycles. The monoisotopic (exact) mass is 295 g/mol. The SMILES string of the molecule is Nc1ncccc1S(=O)(=O)N1CCCC1C1CCCC1. The van der Waals surface area contributed by atoms with Gasteiger partial charge in [-0.1, -0.05) is 12.8 Å². The van der Waals surface area contributed by atoms with E-state index in [1.165, 1.54) is 19.0 Å². The van der Waals surface area contributed by atoms with Crippen LogP contribution >= 0.6 is 0 Å². The maximum atomic E-state index is 12.8. The van der Waals surface area contributed by atoms with E-state index >= 15 is 0 Å². The molecular weight excluding hydrogens is 274 g/mol.